The molecule has 3 N–H and O–H groups in total. The van der Waals surface area contributed by atoms with E-state index in [4.69, 9.17) is 5.11 Å². The number of imide groups is 1. The predicted molar refractivity (Wildman–Crippen MR) is 162 cm³/mol. The van der Waals surface area contributed by atoms with E-state index in [-0.39, 0.29) is 29.8 Å². The zero-order valence-corrected chi connectivity index (χ0v) is 24.5. The zero-order valence-electron chi connectivity index (χ0n) is 24.5. The topological polar surface area (TPSA) is 126 Å². The number of para-hydroxylation sites is 1. The monoisotopic (exact) mass is 573 g/mol. The zero-order chi connectivity index (χ0) is 30.0. The molecule has 0 bridgehead atoms. The van der Waals surface area contributed by atoms with Crippen molar-refractivity contribution < 1.29 is 24.6 Å². The first kappa shape index (κ1) is 29.5. The molecule has 2 saturated heterocycles. The Bertz CT molecular complexity index is 1450. The SMILES string of the molecule is CC1=C(CN2CCCC2)C(=O)N(c2ccc(C)c(C)c2)C(=O)/C1=N\Nc1cccc(C2CCN(CC(=O)O)CC2)c1O. The maximum atomic E-state index is 13.8. The van der Waals surface area contributed by atoms with Crippen LogP contribution in [0.3, 0.4) is 0 Å². The van der Waals surface area contributed by atoms with Gasteiger partial charge in [-0.3, -0.25) is 29.6 Å². The van der Waals surface area contributed by atoms with Crippen molar-refractivity contribution in [2.75, 3.05) is 49.6 Å². The molecule has 2 fully saturated rings. The van der Waals surface area contributed by atoms with Crippen LogP contribution >= 0.6 is 0 Å². The molecular formula is C32H39N5O5. The van der Waals surface area contributed by atoms with E-state index in [0.29, 0.717) is 42.2 Å². The van der Waals surface area contributed by atoms with Gasteiger partial charge in [-0.2, -0.15) is 5.10 Å². The molecule has 3 aliphatic rings. The summed E-state index contributed by atoms with van der Waals surface area (Å²) in [6, 6.07) is 10.9. The summed E-state index contributed by atoms with van der Waals surface area (Å²) in [5.74, 6) is -1.55. The Labute approximate surface area is 246 Å². The quantitative estimate of drug-likeness (QED) is 0.246. The number of piperidine rings is 1. The molecule has 0 aliphatic carbocycles. The van der Waals surface area contributed by atoms with Crippen molar-refractivity contribution in [2.45, 2.75) is 52.4 Å². The smallest absolute Gasteiger partial charge is 0.317 e. The largest absolute Gasteiger partial charge is 0.505 e. The maximum Gasteiger partial charge on any atom is 0.317 e. The van der Waals surface area contributed by atoms with Gasteiger partial charge in [-0.1, -0.05) is 18.2 Å². The molecule has 2 amide bonds. The number of hydrogen-bond donors (Lipinski definition) is 3. The van der Waals surface area contributed by atoms with Gasteiger partial charge in [0.25, 0.3) is 11.8 Å². The average molecular weight is 574 g/mol. The number of likely N-dealkylation sites (tertiary alicyclic amines) is 2. The minimum Gasteiger partial charge on any atom is -0.505 e. The van der Waals surface area contributed by atoms with Gasteiger partial charge in [0, 0.05) is 12.1 Å². The number of amides is 2. The first-order chi connectivity index (χ1) is 20.1. The van der Waals surface area contributed by atoms with E-state index >= 15 is 0 Å². The number of aromatic hydroxyl groups is 1. The van der Waals surface area contributed by atoms with Crippen LogP contribution in [0.25, 0.3) is 0 Å². The van der Waals surface area contributed by atoms with E-state index in [9.17, 15) is 19.5 Å². The van der Waals surface area contributed by atoms with Gasteiger partial charge in [0.05, 0.1) is 17.9 Å². The summed E-state index contributed by atoms with van der Waals surface area (Å²) in [5, 5.41) is 24.8. The fourth-order valence-electron chi connectivity index (χ4n) is 6.07. The number of hydrogen-bond acceptors (Lipinski definition) is 8. The Morgan fingerprint density at radius 2 is 1.67 bits per heavy atom. The second kappa shape index (κ2) is 12.5. The number of hydrazone groups is 1. The predicted octanol–water partition coefficient (Wildman–Crippen LogP) is 4.03. The highest BCUT2D eigenvalue weighted by Gasteiger charge is 2.38. The Balaban J connectivity index is 1.44. The number of aliphatic carboxylic acids is 1. The van der Waals surface area contributed by atoms with Crippen LogP contribution in [0.15, 0.2) is 52.6 Å². The molecule has 2 aromatic rings. The van der Waals surface area contributed by atoms with Gasteiger partial charge in [-0.05, 0) is 119 Å². The summed E-state index contributed by atoms with van der Waals surface area (Å²) in [5.41, 5.74) is 7.81. The average Bonchev–Trinajstić information content (AvgIpc) is 3.47. The maximum absolute atomic E-state index is 13.8. The van der Waals surface area contributed by atoms with Crippen LogP contribution in [0.1, 0.15) is 55.2 Å². The lowest BCUT2D eigenvalue weighted by atomic mass is 9.88. The molecule has 42 heavy (non-hydrogen) atoms. The number of nitrogens with zero attached hydrogens (tertiary/aromatic N) is 4. The highest BCUT2D eigenvalue weighted by molar-refractivity contribution is 6.57. The number of carboxylic acids is 1. The minimum atomic E-state index is -0.843. The van der Waals surface area contributed by atoms with Gasteiger partial charge in [-0.15, -0.1) is 0 Å². The Morgan fingerprint density at radius 1 is 0.952 bits per heavy atom. The number of anilines is 2. The summed E-state index contributed by atoms with van der Waals surface area (Å²) in [6.45, 7) is 9.24. The van der Waals surface area contributed by atoms with Crippen molar-refractivity contribution in [3.63, 3.8) is 0 Å². The first-order valence-electron chi connectivity index (χ1n) is 14.6. The van der Waals surface area contributed by atoms with Crippen molar-refractivity contribution >= 4 is 34.9 Å². The van der Waals surface area contributed by atoms with Crippen LogP contribution < -0.4 is 10.3 Å². The molecule has 2 aromatic carbocycles. The summed E-state index contributed by atoms with van der Waals surface area (Å²) in [7, 11) is 0. The van der Waals surface area contributed by atoms with E-state index in [0.717, 1.165) is 55.5 Å². The molecule has 0 aromatic heterocycles. The van der Waals surface area contributed by atoms with Gasteiger partial charge < -0.3 is 10.2 Å². The van der Waals surface area contributed by atoms with Crippen LogP contribution in [-0.4, -0.2) is 82.8 Å². The van der Waals surface area contributed by atoms with Crippen molar-refractivity contribution in [1.82, 2.24) is 9.80 Å². The number of carboxylic acid groups (broad SMARTS) is 1. The summed E-state index contributed by atoms with van der Waals surface area (Å²) < 4.78 is 0. The van der Waals surface area contributed by atoms with Crippen LogP contribution in [0.5, 0.6) is 5.75 Å². The molecule has 10 heteroatoms. The van der Waals surface area contributed by atoms with Gasteiger partial charge in [0.2, 0.25) is 0 Å². The fraction of sp³-hybridized carbons (Fsp3) is 0.438. The van der Waals surface area contributed by atoms with Crippen molar-refractivity contribution in [3.05, 3.63) is 64.2 Å². The summed E-state index contributed by atoms with van der Waals surface area (Å²) >= 11 is 0. The standard InChI is InChI=1S/C32H39N5O5/c1-20-9-10-24(17-21(20)2)37-31(41)26(18-35-13-4-5-14-35)22(3)29(32(37)42)34-33-27-8-6-7-25(30(27)40)23-11-15-36(16-12-23)19-28(38)39/h6-10,17,23,33,40H,4-5,11-16,18-19H2,1-3H3,(H,38,39)/b34-29-. The number of phenols is 1. The van der Waals surface area contributed by atoms with E-state index < -0.39 is 11.9 Å². The third kappa shape index (κ3) is 6.10. The number of rotatable bonds is 8. The number of benzene rings is 2. The molecule has 222 valence electrons. The lowest BCUT2D eigenvalue weighted by Gasteiger charge is -2.31. The van der Waals surface area contributed by atoms with Crippen LogP contribution in [0, 0.1) is 13.8 Å². The number of aryl methyl sites for hydroxylation is 2. The molecule has 3 aliphatic heterocycles. The number of nitrogens with one attached hydrogen (secondary N) is 1. The van der Waals surface area contributed by atoms with E-state index in [1.807, 2.05) is 43.0 Å². The highest BCUT2D eigenvalue weighted by Crippen LogP contribution is 2.38. The van der Waals surface area contributed by atoms with Crippen LogP contribution in [-0.2, 0) is 14.4 Å². The first-order valence-corrected chi connectivity index (χ1v) is 14.6. The minimum absolute atomic E-state index is 0.0140. The molecule has 0 radical (unpaired) electrons. The lowest BCUT2D eigenvalue weighted by molar-refractivity contribution is -0.138. The lowest BCUT2D eigenvalue weighted by Crippen LogP contribution is -2.49. The molecule has 0 spiro atoms. The van der Waals surface area contributed by atoms with Crippen LogP contribution in [0.2, 0.25) is 0 Å². The second-order valence-electron chi connectivity index (χ2n) is 11.6. The molecule has 0 saturated carbocycles. The Kier molecular flexibility index (Phi) is 8.74. The molecular weight excluding hydrogens is 534 g/mol. The van der Waals surface area contributed by atoms with Crippen molar-refractivity contribution in [3.8, 4) is 5.75 Å². The Morgan fingerprint density at radius 3 is 2.33 bits per heavy atom. The molecule has 5 rings (SSSR count). The van der Waals surface area contributed by atoms with Gasteiger partial charge in [0.1, 0.15) is 5.75 Å². The van der Waals surface area contributed by atoms with E-state index in [2.05, 4.69) is 15.4 Å². The van der Waals surface area contributed by atoms with Gasteiger partial charge in [0.15, 0.2) is 5.71 Å². The van der Waals surface area contributed by atoms with Gasteiger partial charge in [-0.25, -0.2) is 4.90 Å². The van der Waals surface area contributed by atoms with E-state index in [1.54, 1.807) is 19.1 Å². The molecule has 3 heterocycles. The van der Waals surface area contributed by atoms with Gasteiger partial charge >= 0.3 is 5.97 Å². The number of phenolic OH excluding ortho intramolecular Hbond substituents is 1. The number of carbonyl (C=O) groups is 3. The summed E-state index contributed by atoms with van der Waals surface area (Å²) in [4.78, 5) is 44.0. The number of carbonyl (C=O) groups excluding carboxylic acids is 2. The highest BCUT2D eigenvalue weighted by atomic mass is 16.4. The summed E-state index contributed by atoms with van der Waals surface area (Å²) in [6.07, 6.45) is 3.62. The second-order valence-corrected chi connectivity index (χ2v) is 11.6. The third-order valence-electron chi connectivity index (χ3n) is 8.75. The van der Waals surface area contributed by atoms with Crippen LogP contribution in [0.4, 0.5) is 11.4 Å². The van der Waals surface area contributed by atoms with Crippen molar-refractivity contribution in [2.24, 2.45) is 5.10 Å². The molecule has 10 nitrogen and oxygen atoms in total. The molecule has 0 unspecified atom stereocenters. The van der Waals surface area contributed by atoms with E-state index in [1.165, 1.54) is 4.90 Å². The van der Waals surface area contributed by atoms with Crippen molar-refractivity contribution in [1.29, 1.82) is 0 Å². The Hall–Kier alpha value is -4.02. The third-order valence-corrected chi connectivity index (χ3v) is 8.75. The molecule has 0 atom stereocenters. The fourth-order valence-corrected chi connectivity index (χ4v) is 6.07. The normalized spacial score (nSPS) is 20.2.